The summed E-state index contributed by atoms with van der Waals surface area (Å²) < 4.78 is 15.1. The molecule has 5 heteroatoms. The highest BCUT2D eigenvalue weighted by molar-refractivity contribution is 5.47. The van der Waals surface area contributed by atoms with Gasteiger partial charge in [0.1, 0.15) is 12.1 Å². The van der Waals surface area contributed by atoms with Gasteiger partial charge >= 0.3 is 0 Å². The summed E-state index contributed by atoms with van der Waals surface area (Å²) in [6.07, 6.45) is 3.79. The largest absolute Gasteiger partial charge is 0.207 e. The van der Waals surface area contributed by atoms with Crippen LogP contribution in [0.2, 0.25) is 0 Å². The second kappa shape index (κ2) is 3.37. The third kappa shape index (κ3) is 1.48. The average Bonchev–Trinajstić information content (AvgIpc) is 2.97. The Balaban J connectivity index is 2.18. The predicted molar refractivity (Wildman–Crippen MR) is 55.8 cm³/mol. The van der Waals surface area contributed by atoms with E-state index in [4.69, 9.17) is 0 Å². The van der Waals surface area contributed by atoms with E-state index < -0.39 is 0 Å². The van der Waals surface area contributed by atoms with Gasteiger partial charge in [-0.15, -0.1) is 5.10 Å². The molecule has 0 aliphatic heterocycles. The molecule has 0 amide bonds. The van der Waals surface area contributed by atoms with Gasteiger partial charge in [0.05, 0.1) is 5.69 Å². The minimum atomic E-state index is -0.154. The standard InChI is InChI=1S/C11H11FN4/c1-7-4-11(16-6-13-14-15-16)9(5-10(7)12)8-2-3-8/h4-6,8H,2-3H2,1H3. The van der Waals surface area contributed by atoms with E-state index in [0.717, 1.165) is 24.1 Å². The third-order valence-corrected chi connectivity index (χ3v) is 2.92. The molecule has 0 bridgehead atoms. The Morgan fingerprint density at radius 2 is 2.19 bits per heavy atom. The number of benzene rings is 1. The zero-order valence-corrected chi connectivity index (χ0v) is 8.89. The molecule has 0 spiro atoms. The summed E-state index contributed by atoms with van der Waals surface area (Å²) in [7, 11) is 0. The number of hydrogen-bond donors (Lipinski definition) is 0. The first-order chi connectivity index (χ1) is 7.75. The Kier molecular flexibility index (Phi) is 1.99. The van der Waals surface area contributed by atoms with Crippen LogP contribution in [0.5, 0.6) is 0 Å². The van der Waals surface area contributed by atoms with Crippen LogP contribution in [-0.4, -0.2) is 20.2 Å². The molecule has 0 unspecified atom stereocenters. The van der Waals surface area contributed by atoms with E-state index >= 15 is 0 Å². The van der Waals surface area contributed by atoms with E-state index in [2.05, 4.69) is 15.5 Å². The van der Waals surface area contributed by atoms with Crippen molar-refractivity contribution in [2.45, 2.75) is 25.7 Å². The predicted octanol–water partition coefficient (Wildman–Crippen LogP) is 1.99. The molecule has 1 aliphatic rings. The van der Waals surface area contributed by atoms with Crippen molar-refractivity contribution in [1.82, 2.24) is 20.2 Å². The Bertz CT molecular complexity index is 517. The second-order valence-corrected chi connectivity index (χ2v) is 4.19. The van der Waals surface area contributed by atoms with Gasteiger partial charge in [0.25, 0.3) is 0 Å². The van der Waals surface area contributed by atoms with Crippen molar-refractivity contribution in [2.75, 3.05) is 0 Å². The van der Waals surface area contributed by atoms with Crippen LogP contribution in [0.3, 0.4) is 0 Å². The fraction of sp³-hybridized carbons (Fsp3) is 0.364. The van der Waals surface area contributed by atoms with E-state index in [9.17, 15) is 4.39 Å². The van der Waals surface area contributed by atoms with E-state index in [-0.39, 0.29) is 5.82 Å². The van der Waals surface area contributed by atoms with Gasteiger partial charge in [-0.25, -0.2) is 9.07 Å². The van der Waals surface area contributed by atoms with Crippen molar-refractivity contribution >= 4 is 0 Å². The average molecular weight is 218 g/mol. The summed E-state index contributed by atoms with van der Waals surface area (Å²) in [6, 6.07) is 3.42. The monoisotopic (exact) mass is 218 g/mol. The maximum absolute atomic E-state index is 13.5. The van der Waals surface area contributed by atoms with Gasteiger partial charge in [-0.3, -0.25) is 0 Å². The molecule has 0 N–H and O–H groups in total. The molecule has 2 aromatic rings. The number of nitrogens with zero attached hydrogens (tertiary/aromatic N) is 4. The lowest BCUT2D eigenvalue weighted by Gasteiger charge is -2.09. The number of aryl methyl sites for hydroxylation is 1. The van der Waals surface area contributed by atoms with Gasteiger partial charge in [-0.05, 0) is 59.4 Å². The highest BCUT2D eigenvalue weighted by Gasteiger charge is 2.27. The lowest BCUT2D eigenvalue weighted by Crippen LogP contribution is -2.02. The lowest BCUT2D eigenvalue weighted by molar-refractivity contribution is 0.614. The summed E-state index contributed by atoms with van der Waals surface area (Å²) in [5, 5.41) is 11.1. The van der Waals surface area contributed by atoms with Crippen LogP contribution in [0.1, 0.15) is 29.9 Å². The van der Waals surface area contributed by atoms with Crippen LogP contribution in [0.4, 0.5) is 4.39 Å². The molecule has 0 saturated heterocycles. The molecule has 0 radical (unpaired) electrons. The molecule has 1 aromatic heterocycles. The summed E-state index contributed by atoms with van der Waals surface area (Å²) >= 11 is 0. The Morgan fingerprint density at radius 3 is 2.81 bits per heavy atom. The first kappa shape index (κ1) is 9.45. The second-order valence-electron chi connectivity index (χ2n) is 4.19. The molecule has 3 rings (SSSR count). The number of rotatable bonds is 2. The van der Waals surface area contributed by atoms with Gasteiger partial charge in [-0.1, -0.05) is 0 Å². The maximum Gasteiger partial charge on any atom is 0.143 e. The Hall–Kier alpha value is -1.78. The SMILES string of the molecule is Cc1cc(-n2cnnn2)c(C2CC2)cc1F. The third-order valence-electron chi connectivity index (χ3n) is 2.92. The smallest absolute Gasteiger partial charge is 0.143 e. The molecule has 1 aromatic carbocycles. The van der Waals surface area contributed by atoms with Gasteiger partial charge in [0.15, 0.2) is 0 Å². The molecular weight excluding hydrogens is 207 g/mol. The molecule has 1 heterocycles. The lowest BCUT2D eigenvalue weighted by atomic mass is 10.1. The quantitative estimate of drug-likeness (QED) is 0.774. The van der Waals surface area contributed by atoms with Crippen LogP contribution in [0.25, 0.3) is 5.69 Å². The fourth-order valence-corrected chi connectivity index (χ4v) is 1.87. The summed E-state index contributed by atoms with van der Waals surface area (Å²) in [4.78, 5) is 0. The Morgan fingerprint density at radius 1 is 1.38 bits per heavy atom. The number of aromatic nitrogens is 4. The number of hydrogen-bond acceptors (Lipinski definition) is 3. The van der Waals surface area contributed by atoms with E-state index in [1.165, 1.54) is 0 Å². The van der Waals surface area contributed by atoms with Gasteiger partial charge in [-0.2, -0.15) is 0 Å². The van der Waals surface area contributed by atoms with Crippen molar-refractivity contribution < 1.29 is 4.39 Å². The summed E-state index contributed by atoms with van der Waals surface area (Å²) in [5.74, 6) is 0.313. The minimum absolute atomic E-state index is 0.154. The minimum Gasteiger partial charge on any atom is -0.207 e. The zero-order chi connectivity index (χ0) is 11.1. The molecule has 82 valence electrons. The van der Waals surface area contributed by atoms with Crippen molar-refractivity contribution in [2.24, 2.45) is 0 Å². The Labute approximate surface area is 92.1 Å². The summed E-state index contributed by atoms with van der Waals surface area (Å²) in [6.45, 7) is 1.75. The first-order valence-corrected chi connectivity index (χ1v) is 5.29. The molecule has 16 heavy (non-hydrogen) atoms. The van der Waals surface area contributed by atoms with Crippen molar-refractivity contribution in [3.05, 3.63) is 35.4 Å². The van der Waals surface area contributed by atoms with Crippen LogP contribution in [0, 0.1) is 12.7 Å². The van der Waals surface area contributed by atoms with Crippen molar-refractivity contribution in [3.63, 3.8) is 0 Å². The van der Waals surface area contributed by atoms with Gasteiger partial charge in [0, 0.05) is 0 Å². The van der Waals surface area contributed by atoms with Crippen molar-refractivity contribution in [3.8, 4) is 5.69 Å². The van der Waals surface area contributed by atoms with E-state index in [1.54, 1.807) is 30.1 Å². The molecular formula is C11H11FN4. The van der Waals surface area contributed by atoms with Gasteiger partial charge < -0.3 is 0 Å². The van der Waals surface area contributed by atoms with Crippen LogP contribution in [0.15, 0.2) is 18.5 Å². The molecule has 4 nitrogen and oxygen atoms in total. The van der Waals surface area contributed by atoms with Crippen LogP contribution in [-0.2, 0) is 0 Å². The molecule has 1 fully saturated rings. The summed E-state index contributed by atoms with van der Waals surface area (Å²) in [5.41, 5.74) is 2.52. The van der Waals surface area contributed by atoms with Gasteiger partial charge in [0.2, 0.25) is 0 Å². The van der Waals surface area contributed by atoms with E-state index in [0.29, 0.717) is 11.5 Å². The number of tetrazole rings is 1. The molecule has 1 saturated carbocycles. The molecule has 0 atom stereocenters. The highest BCUT2D eigenvalue weighted by Crippen LogP contribution is 2.43. The fourth-order valence-electron chi connectivity index (χ4n) is 1.87. The number of halogens is 1. The van der Waals surface area contributed by atoms with Crippen LogP contribution < -0.4 is 0 Å². The van der Waals surface area contributed by atoms with E-state index in [1.807, 2.05) is 0 Å². The molecule has 1 aliphatic carbocycles. The maximum atomic E-state index is 13.5. The topological polar surface area (TPSA) is 43.6 Å². The first-order valence-electron chi connectivity index (χ1n) is 5.29. The van der Waals surface area contributed by atoms with Crippen LogP contribution >= 0.6 is 0 Å². The zero-order valence-electron chi connectivity index (χ0n) is 8.89. The normalized spacial score (nSPS) is 15.4. The highest BCUT2D eigenvalue weighted by atomic mass is 19.1. The van der Waals surface area contributed by atoms with Crippen molar-refractivity contribution in [1.29, 1.82) is 0 Å².